The Balaban J connectivity index is 1.42. The molecule has 19 heavy (non-hydrogen) atoms. The summed E-state index contributed by atoms with van der Waals surface area (Å²) >= 11 is 0. The highest BCUT2D eigenvalue weighted by Gasteiger charge is 2.12. The summed E-state index contributed by atoms with van der Waals surface area (Å²) in [5.41, 5.74) is 1.35. The summed E-state index contributed by atoms with van der Waals surface area (Å²) in [5, 5.41) is 8.42. The number of fused-ring (bicyclic) bond motifs is 1. The molecular weight excluding hydrogens is 234 g/mol. The molecule has 2 heterocycles. The van der Waals surface area contributed by atoms with Gasteiger partial charge in [-0.25, -0.2) is 0 Å². The van der Waals surface area contributed by atoms with Crippen molar-refractivity contribution in [2.75, 3.05) is 19.6 Å². The summed E-state index contributed by atoms with van der Waals surface area (Å²) in [4.78, 5) is 0. The Labute approximate surface area is 115 Å². The standard InChI is InChI=1S/C16H23N3/c1-2-7-16-14(5-1)8-12-19(16)11-4-9-17-13-15-6-3-10-18-15/h1-2,5,7-8,12,15,17-18H,3-4,6,9-11,13H2. The first-order chi connectivity index (χ1) is 9.43. The van der Waals surface area contributed by atoms with Gasteiger partial charge in [-0.2, -0.15) is 0 Å². The van der Waals surface area contributed by atoms with Crippen LogP contribution in [0.4, 0.5) is 0 Å². The van der Waals surface area contributed by atoms with Crippen LogP contribution in [-0.2, 0) is 6.54 Å². The van der Waals surface area contributed by atoms with Gasteiger partial charge in [-0.05, 0) is 49.9 Å². The van der Waals surface area contributed by atoms with Crippen LogP contribution in [-0.4, -0.2) is 30.2 Å². The summed E-state index contributed by atoms with van der Waals surface area (Å²) in [6, 6.07) is 11.5. The number of hydrogen-bond donors (Lipinski definition) is 2. The van der Waals surface area contributed by atoms with Crippen molar-refractivity contribution in [3.8, 4) is 0 Å². The third-order valence-electron chi connectivity index (χ3n) is 3.99. The lowest BCUT2D eigenvalue weighted by Crippen LogP contribution is -2.34. The van der Waals surface area contributed by atoms with E-state index in [0.29, 0.717) is 6.04 Å². The van der Waals surface area contributed by atoms with Crippen molar-refractivity contribution in [1.29, 1.82) is 0 Å². The molecule has 1 unspecified atom stereocenters. The smallest absolute Gasteiger partial charge is 0.0480 e. The molecule has 1 aromatic carbocycles. The summed E-state index contributed by atoms with van der Waals surface area (Å²) in [5.74, 6) is 0. The van der Waals surface area contributed by atoms with Crippen LogP contribution in [0, 0.1) is 0 Å². The van der Waals surface area contributed by atoms with Gasteiger partial charge >= 0.3 is 0 Å². The summed E-state index contributed by atoms with van der Waals surface area (Å²) in [6.07, 6.45) is 6.05. The molecule has 0 bridgehead atoms. The van der Waals surface area contributed by atoms with E-state index in [0.717, 1.165) is 19.6 Å². The van der Waals surface area contributed by atoms with Crippen LogP contribution in [0.1, 0.15) is 19.3 Å². The molecule has 1 aliphatic heterocycles. The van der Waals surface area contributed by atoms with Crippen molar-refractivity contribution < 1.29 is 0 Å². The molecule has 3 heteroatoms. The lowest BCUT2D eigenvalue weighted by Gasteiger charge is -2.11. The highest BCUT2D eigenvalue weighted by molar-refractivity contribution is 5.79. The Hall–Kier alpha value is -1.32. The topological polar surface area (TPSA) is 29.0 Å². The molecule has 1 atom stereocenters. The molecule has 3 rings (SSSR count). The number of para-hydroxylation sites is 1. The molecule has 0 spiro atoms. The van der Waals surface area contributed by atoms with E-state index in [9.17, 15) is 0 Å². The van der Waals surface area contributed by atoms with Gasteiger partial charge in [0.1, 0.15) is 0 Å². The van der Waals surface area contributed by atoms with Crippen molar-refractivity contribution in [3.05, 3.63) is 36.5 Å². The highest BCUT2D eigenvalue weighted by Crippen LogP contribution is 2.15. The molecule has 0 amide bonds. The number of nitrogens with one attached hydrogen (secondary N) is 2. The van der Waals surface area contributed by atoms with Gasteiger partial charge in [0.25, 0.3) is 0 Å². The van der Waals surface area contributed by atoms with E-state index >= 15 is 0 Å². The number of aryl methyl sites for hydroxylation is 1. The molecule has 102 valence electrons. The largest absolute Gasteiger partial charge is 0.347 e. The normalized spacial score (nSPS) is 19.3. The molecule has 2 N–H and O–H groups in total. The van der Waals surface area contributed by atoms with Crippen molar-refractivity contribution in [3.63, 3.8) is 0 Å². The molecule has 1 fully saturated rings. The molecule has 1 aliphatic rings. The molecule has 0 saturated carbocycles. The van der Waals surface area contributed by atoms with Gasteiger partial charge in [0.05, 0.1) is 0 Å². The highest BCUT2D eigenvalue weighted by atomic mass is 15.0. The molecule has 1 saturated heterocycles. The van der Waals surface area contributed by atoms with Gasteiger partial charge in [0.2, 0.25) is 0 Å². The summed E-state index contributed by atoms with van der Waals surface area (Å²) in [7, 11) is 0. The van der Waals surface area contributed by atoms with Crippen LogP contribution < -0.4 is 10.6 Å². The van der Waals surface area contributed by atoms with Crippen LogP contribution in [0.2, 0.25) is 0 Å². The third kappa shape index (κ3) is 3.17. The Kier molecular flexibility index (Phi) is 4.16. The number of benzene rings is 1. The zero-order valence-corrected chi connectivity index (χ0v) is 11.4. The van der Waals surface area contributed by atoms with Gasteiger partial charge in [-0.3, -0.25) is 0 Å². The zero-order chi connectivity index (χ0) is 12.9. The first-order valence-corrected chi connectivity index (χ1v) is 7.41. The van der Waals surface area contributed by atoms with Crippen LogP contribution in [0.25, 0.3) is 10.9 Å². The Bertz CT molecular complexity index is 511. The average molecular weight is 257 g/mol. The second-order valence-electron chi connectivity index (χ2n) is 5.42. The predicted octanol–water partition coefficient (Wildman–Crippen LogP) is 2.37. The minimum atomic E-state index is 0.701. The zero-order valence-electron chi connectivity index (χ0n) is 11.4. The van der Waals surface area contributed by atoms with Crippen molar-refractivity contribution in [2.45, 2.75) is 31.8 Å². The monoisotopic (exact) mass is 257 g/mol. The Morgan fingerprint density at radius 2 is 2.21 bits per heavy atom. The van der Waals surface area contributed by atoms with Crippen molar-refractivity contribution >= 4 is 10.9 Å². The maximum atomic E-state index is 3.56. The molecule has 2 aromatic rings. The van der Waals surface area contributed by atoms with Gasteiger partial charge in [0, 0.05) is 30.8 Å². The van der Waals surface area contributed by atoms with E-state index < -0.39 is 0 Å². The Morgan fingerprint density at radius 3 is 3.11 bits per heavy atom. The lowest BCUT2D eigenvalue weighted by atomic mass is 10.2. The van der Waals surface area contributed by atoms with Gasteiger partial charge in [-0.15, -0.1) is 0 Å². The van der Waals surface area contributed by atoms with Gasteiger partial charge in [-0.1, -0.05) is 18.2 Å². The lowest BCUT2D eigenvalue weighted by molar-refractivity contribution is 0.515. The fourth-order valence-corrected chi connectivity index (χ4v) is 2.92. The average Bonchev–Trinajstić information content (AvgIpc) is 3.08. The van der Waals surface area contributed by atoms with Crippen LogP contribution in [0.3, 0.4) is 0 Å². The number of hydrogen-bond acceptors (Lipinski definition) is 2. The molecular formula is C16H23N3. The van der Waals surface area contributed by atoms with Crippen LogP contribution in [0.15, 0.2) is 36.5 Å². The minimum absolute atomic E-state index is 0.701. The van der Waals surface area contributed by atoms with Crippen LogP contribution in [0.5, 0.6) is 0 Å². The van der Waals surface area contributed by atoms with Gasteiger partial charge in [0.15, 0.2) is 0 Å². The maximum absolute atomic E-state index is 3.56. The fraction of sp³-hybridized carbons (Fsp3) is 0.500. The second kappa shape index (κ2) is 6.22. The van der Waals surface area contributed by atoms with E-state index in [1.54, 1.807) is 0 Å². The third-order valence-corrected chi connectivity index (χ3v) is 3.99. The van der Waals surface area contributed by atoms with Crippen molar-refractivity contribution in [1.82, 2.24) is 15.2 Å². The summed E-state index contributed by atoms with van der Waals surface area (Å²) < 4.78 is 2.35. The SMILES string of the molecule is c1ccc2c(c1)ccn2CCCNCC1CCCN1. The van der Waals surface area contributed by atoms with E-state index in [4.69, 9.17) is 0 Å². The van der Waals surface area contributed by atoms with E-state index in [1.807, 2.05) is 0 Å². The maximum Gasteiger partial charge on any atom is 0.0480 e. The fourth-order valence-electron chi connectivity index (χ4n) is 2.92. The van der Waals surface area contributed by atoms with E-state index in [-0.39, 0.29) is 0 Å². The first kappa shape index (κ1) is 12.7. The van der Waals surface area contributed by atoms with E-state index in [1.165, 1.54) is 36.7 Å². The predicted molar refractivity (Wildman–Crippen MR) is 80.4 cm³/mol. The minimum Gasteiger partial charge on any atom is -0.347 e. The Morgan fingerprint density at radius 1 is 1.26 bits per heavy atom. The molecule has 3 nitrogen and oxygen atoms in total. The molecule has 0 aliphatic carbocycles. The van der Waals surface area contributed by atoms with Gasteiger partial charge < -0.3 is 15.2 Å². The first-order valence-electron chi connectivity index (χ1n) is 7.41. The van der Waals surface area contributed by atoms with Crippen molar-refractivity contribution in [2.24, 2.45) is 0 Å². The molecule has 1 aromatic heterocycles. The quantitative estimate of drug-likeness (QED) is 0.778. The summed E-state index contributed by atoms with van der Waals surface area (Å²) in [6.45, 7) is 4.51. The molecule has 0 radical (unpaired) electrons. The number of nitrogens with zero attached hydrogens (tertiary/aromatic N) is 1. The van der Waals surface area contributed by atoms with E-state index in [2.05, 4.69) is 51.7 Å². The number of rotatable bonds is 6. The van der Waals surface area contributed by atoms with Crippen LogP contribution >= 0.6 is 0 Å². The second-order valence-corrected chi connectivity index (χ2v) is 5.42. The number of aromatic nitrogens is 1.